The molecule has 1 saturated heterocycles. The van der Waals surface area contributed by atoms with Gasteiger partial charge in [0.15, 0.2) is 5.65 Å². The van der Waals surface area contributed by atoms with E-state index in [9.17, 15) is 0 Å². The van der Waals surface area contributed by atoms with E-state index in [1.54, 1.807) is 0 Å². The van der Waals surface area contributed by atoms with E-state index in [4.69, 9.17) is 9.47 Å². The molecular weight excluding hydrogens is 254 g/mol. The first kappa shape index (κ1) is 12.1. The van der Waals surface area contributed by atoms with E-state index >= 15 is 0 Å². The monoisotopic (exact) mass is 273 g/mol. The van der Waals surface area contributed by atoms with Crippen LogP contribution in [0.5, 0.6) is 5.88 Å². The minimum Gasteiger partial charge on any atom is -0.474 e. The van der Waals surface area contributed by atoms with Crippen LogP contribution in [0.2, 0.25) is 0 Å². The summed E-state index contributed by atoms with van der Waals surface area (Å²) in [6.07, 6.45) is 8.21. The molecular formula is C15H19N3O2. The fourth-order valence-electron chi connectivity index (χ4n) is 2.75. The van der Waals surface area contributed by atoms with Gasteiger partial charge < -0.3 is 9.47 Å². The number of nitrogens with zero attached hydrogens (tertiary/aromatic N) is 3. The molecule has 2 aromatic rings. The quantitative estimate of drug-likeness (QED) is 0.862. The number of ether oxygens (including phenoxy) is 2. The predicted octanol–water partition coefficient (Wildman–Crippen LogP) is 2.71. The minimum atomic E-state index is 0.342. The number of rotatable bonds is 3. The Bertz CT molecular complexity index is 600. The molecule has 0 amide bonds. The van der Waals surface area contributed by atoms with E-state index in [0.29, 0.717) is 18.0 Å². The summed E-state index contributed by atoms with van der Waals surface area (Å²) in [7, 11) is 0. The van der Waals surface area contributed by atoms with Gasteiger partial charge in [0.2, 0.25) is 5.88 Å². The molecule has 0 N–H and O–H groups in total. The summed E-state index contributed by atoms with van der Waals surface area (Å²) < 4.78 is 13.4. The van der Waals surface area contributed by atoms with Gasteiger partial charge in [-0.25, -0.2) is 0 Å². The molecule has 2 aliphatic rings. The van der Waals surface area contributed by atoms with Crippen LogP contribution in [0.3, 0.4) is 0 Å². The molecule has 0 aromatic carbocycles. The Balaban J connectivity index is 1.57. The van der Waals surface area contributed by atoms with E-state index in [1.165, 1.54) is 6.42 Å². The van der Waals surface area contributed by atoms with Crippen molar-refractivity contribution in [3.63, 3.8) is 0 Å². The zero-order valence-corrected chi connectivity index (χ0v) is 11.5. The van der Waals surface area contributed by atoms with Crippen LogP contribution in [0.1, 0.15) is 38.1 Å². The zero-order chi connectivity index (χ0) is 13.4. The molecule has 5 heteroatoms. The molecule has 0 spiro atoms. The van der Waals surface area contributed by atoms with Crippen molar-refractivity contribution in [2.24, 2.45) is 0 Å². The largest absolute Gasteiger partial charge is 0.474 e. The van der Waals surface area contributed by atoms with Crippen molar-refractivity contribution in [1.82, 2.24) is 14.8 Å². The first-order valence-corrected chi connectivity index (χ1v) is 7.49. The summed E-state index contributed by atoms with van der Waals surface area (Å²) in [5.41, 5.74) is 0.771. The van der Waals surface area contributed by atoms with Crippen LogP contribution in [0.4, 0.5) is 0 Å². The zero-order valence-electron chi connectivity index (χ0n) is 11.5. The molecule has 1 aliphatic heterocycles. The Hall–Kier alpha value is -1.62. The fraction of sp³-hybridized carbons (Fsp3) is 0.600. The molecule has 0 radical (unpaired) electrons. The Morgan fingerprint density at radius 1 is 1.20 bits per heavy atom. The number of hydrogen-bond acceptors (Lipinski definition) is 4. The van der Waals surface area contributed by atoms with Crippen LogP contribution in [0.25, 0.3) is 11.0 Å². The average Bonchev–Trinajstić information content (AvgIpc) is 2.87. The summed E-state index contributed by atoms with van der Waals surface area (Å²) in [6.45, 7) is 1.62. The van der Waals surface area contributed by atoms with Crippen LogP contribution in [0, 0.1) is 0 Å². The Kier molecular flexibility index (Phi) is 3.07. The molecule has 1 unspecified atom stereocenters. The van der Waals surface area contributed by atoms with Crippen molar-refractivity contribution in [2.45, 2.75) is 44.2 Å². The van der Waals surface area contributed by atoms with E-state index in [0.717, 1.165) is 49.9 Å². The standard InChI is InChI=1S/C15H19N3O2/c1-4-13(5-1)20-14-7-6-11-9-18(17-15(11)16-14)12-3-2-8-19-10-12/h6-7,9,12-13H,1-5,8,10H2. The summed E-state index contributed by atoms with van der Waals surface area (Å²) in [6, 6.07) is 4.34. The highest BCUT2D eigenvalue weighted by Crippen LogP contribution is 2.26. The molecule has 2 aromatic heterocycles. The SMILES string of the molecule is c1cc2cn(C3CCCOC3)nc2nc1OC1CCC1. The third-order valence-corrected chi connectivity index (χ3v) is 4.21. The smallest absolute Gasteiger partial charge is 0.215 e. The summed E-state index contributed by atoms with van der Waals surface area (Å²) in [5, 5.41) is 5.66. The highest BCUT2D eigenvalue weighted by molar-refractivity contribution is 5.74. The maximum Gasteiger partial charge on any atom is 0.215 e. The second kappa shape index (κ2) is 5.05. The van der Waals surface area contributed by atoms with Crippen LogP contribution < -0.4 is 4.74 Å². The van der Waals surface area contributed by atoms with Gasteiger partial charge in [0.25, 0.3) is 0 Å². The lowest BCUT2D eigenvalue weighted by molar-refractivity contribution is 0.0551. The van der Waals surface area contributed by atoms with Gasteiger partial charge in [-0.2, -0.15) is 10.1 Å². The van der Waals surface area contributed by atoms with Gasteiger partial charge in [-0.3, -0.25) is 4.68 Å². The maximum atomic E-state index is 5.83. The Morgan fingerprint density at radius 2 is 2.15 bits per heavy atom. The van der Waals surface area contributed by atoms with Crippen LogP contribution >= 0.6 is 0 Å². The number of aromatic nitrogens is 3. The van der Waals surface area contributed by atoms with Crippen LogP contribution in [0.15, 0.2) is 18.3 Å². The van der Waals surface area contributed by atoms with Crippen molar-refractivity contribution in [2.75, 3.05) is 13.2 Å². The molecule has 4 rings (SSSR count). The Labute approximate surface area is 117 Å². The molecule has 5 nitrogen and oxygen atoms in total. The average molecular weight is 273 g/mol. The molecule has 106 valence electrons. The van der Waals surface area contributed by atoms with Gasteiger partial charge in [0.05, 0.1) is 12.6 Å². The summed E-state index contributed by atoms with van der Waals surface area (Å²) >= 11 is 0. The van der Waals surface area contributed by atoms with E-state index in [2.05, 4.69) is 16.3 Å². The van der Waals surface area contributed by atoms with E-state index in [-0.39, 0.29) is 0 Å². The molecule has 0 bridgehead atoms. The molecule has 1 atom stereocenters. The topological polar surface area (TPSA) is 49.2 Å². The lowest BCUT2D eigenvalue weighted by Gasteiger charge is -2.25. The number of pyridine rings is 1. The number of fused-ring (bicyclic) bond motifs is 1. The first-order chi connectivity index (χ1) is 9.88. The highest BCUT2D eigenvalue weighted by Gasteiger charge is 2.21. The summed E-state index contributed by atoms with van der Waals surface area (Å²) in [4.78, 5) is 4.52. The number of hydrogen-bond donors (Lipinski definition) is 0. The first-order valence-electron chi connectivity index (χ1n) is 7.49. The highest BCUT2D eigenvalue weighted by atomic mass is 16.5. The third kappa shape index (κ3) is 2.26. The Morgan fingerprint density at radius 3 is 2.90 bits per heavy atom. The normalized spacial score (nSPS) is 23.7. The third-order valence-electron chi connectivity index (χ3n) is 4.21. The maximum absolute atomic E-state index is 5.83. The second-order valence-corrected chi connectivity index (χ2v) is 5.71. The fourth-order valence-corrected chi connectivity index (χ4v) is 2.75. The van der Waals surface area contributed by atoms with Crippen LogP contribution in [-0.4, -0.2) is 34.1 Å². The van der Waals surface area contributed by atoms with Gasteiger partial charge in [-0.15, -0.1) is 0 Å². The second-order valence-electron chi connectivity index (χ2n) is 5.71. The lowest BCUT2D eigenvalue weighted by atomic mass is 9.96. The van der Waals surface area contributed by atoms with Gasteiger partial charge in [-0.1, -0.05) is 0 Å². The van der Waals surface area contributed by atoms with Gasteiger partial charge in [0.1, 0.15) is 6.10 Å². The van der Waals surface area contributed by atoms with Crippen molar-refractivity contribution in [1.29, 1.82) is 0 Å². The predicted molar refractivity (Wildman–Crippen MR) is 74.9 cm³/mol. The molecule has 2 fully saturated rings. The van der Waals surface area contributed by atoms with Crippen LogP contribution in [-0.2, 0) is 4.74 Å². The summed E-state index contributed by atoms with van der Waals surface area (Å²) in [5.74, 6) is 0.701. The van der Waals surface area contributed by atoms with Crippen molar-refractivity contribution in [3.05, 3.63) is 18.3 Å². The van der Waals surface area contributed by atoms with Gasteiger partial charge >= 0.3 is 0 Å². The van der Waals surface area contributed by atoms with E-state index < -0.39 is 0 Å². The molecule has 1 aliphatic carbocycles. The van der Waals surface area contributed by atoms with Gasteiger partial charge in [-0.05, 0) is 38.2 Å². The lowest BCUT2D eigenvalue weighted by Crippen LogP contribution is -2.24. The molecule has 3 heterocycles. The van der Waals surface area contributed by atoms with Crippen molar-refractivity contribution in [3.8, 4) is 5.88 Å². The van der Waals surface area contributed by atoms with Gasteiger partial charge in [0, 0.05) is 24.3 Å². The minimum absolute atomic E-state index is 0.342. The molecule has 20 heavy (non-hydrogen) atoms. The van der Waals surface area contributed by atoms with Crippen molar-refractivity contribution >= 4 is 11.0 Å². The van der Waals surface area contributed by atoms with Crippen molar-refractivity contribution < 1.29 is 9.47 Å². The van der Waals surface area contributed by atoms with E-state index in [1.807, 2.05) is 16.8 Å². The molecule has 1 saturated carbocycles.